The summed E-state index contributed by atoms with van der Waals surface area (Å²) in [6, 6.07) is 0. The minimum absolute atomic E-state index is 0.0151. The van der Waals surface area contributed by atoms with Crippen molar-refractivity contribution in [2.75, 3.05) is 19.6 Å². The van der Waals surface area contributed by atoms with E-state index in [0.29, 0.717) is 12.5 Å². The summed E-state index contributed by atoms with van der Waals surface area (Å²) in [6.07, 6.45) is 2.00. The Morgan fingerprint density at radius 3 is 2.21 bits per heavy atom. The van der Waals surface area contributed by atoms with E-state index in [2.05, 4.69) is 41.5 Å². The summed E-state index contributed by atoms with van der Waals surface area (Å²) in [5, 5.41) is 0. The Kier molecular flexibility index (Phi) is 5.05. The highest BCUT2D eigenvalue weighted by Crippen LogP contribution is 2.35. The predicted octanol–water partition coefficient (Wildman–Crippen LogP) is 2.89. The van der Waals surface area contributed by atoms with Crippen molar-refractivity contribution >= 4 is 5.91 Å². The molecule has 112 valence electrons. The quantitative estimate of drug-likeness (QED) is 0.855. The van der Waals surface area contributed by atoms with Gasteiger partial charge in [-0.1, -0.05) is 41.5 Å². The van der Waals surface area contributed by atoms with E-state index in [-0.39, 0.29) is 22.7 Å². The van der Waals surface area contributed by atoms with Crippen LogP contribution < -0.4 is 5.73 Å². The lowest BCUT2D eigenvalue weighted by Gasteiger charge is -2.30. The van der Waals surface area contributed by atoms with Crippen LogP contribution in [0.25, 0.3) is 0 Å². The van der Waals surface area contributed by atoms with Crippen molar-refractivity contribution < 1.29 is 4.79 Å². The van der Waals surface area contributed by atoms with Crippen LogP contribution in [-0.4, -0.2) is 30.4 Å². The van der Waals surface area contributed by atoms with E-state index >= 15 is 0 Å². The van der Waals surface area contributed by atoms with Gasteiger partial charge in [-0.25, -0.2) is 0 Å². The summed E-state index contributed by atoms with van der Waals surface area (Å²) in [5.74, 6) is 0.868. The first-order valence-corrected chi connectivity index (χ1v) is 7.53. The van der Waals surface area contributed by atoms with Crippen molar-refractivity contribution in [3.05, 3.63) is 0 Å². The van der Waals surface area contributed by atoms with Crippen molar-refractivity contribution in [2.24, 2.45) is 28.4 Å². The normalized spacial score (nSPS) is 22.7. The number of amides is 1. The molecule has 2 atom stereocenters. The van der Waals surface area contributed by atoms with Crippen LogP contribution in [-0.2, 0) is 4.79 Å². The van der Waals surface area contributed by atoms with Crippen LogP contribution in [0.1, 0.15) is 54.4 Å². The highest BCUT2D eigenvalue weighted by molar-refractivity contribution is 5.79. The van der Waals surface area contributed by atoms with Crippen LogP contribution in [0.5, 0.6) is 0 Å². The highest BCUT2D eigenvalue weighted by atomic mass is 16.2. The van der Waals surface area contributed by atoms with Gasteiger partial charge in [-0.3, -0.25) is 4.79 Å². The maximum absolute atomic E-state index is 12.6. The maximum atomic E-state index is 12.6. The minimum Gasteiger partial charge on any atom is -0.342 e. The molecule has 1 saturated heterocycles. The lowest BCUT2D eigenvalue weighted by atomic mass is 9.80. The standard InChI is InChI=1S/C16H32N2O/c1-15(2,3)9-12(10-17)14(19)18-8-7-13(11-18)16(4,5)6/h12-13H,7-11,17H2,1-6H3. The average Bonchev–Trinajstić information content (AvgIpc) is 2.72. The van der Waals surface area contributed by atoms with Crippen LogP contribution in [0.4, 0.5) is 0 Å². The molecule has 0 aromatic rings. The molecule has 1 aliphatic rings. The molecule has 0 aromatic heterocycles. The molecule has 1 heterocycles. The molecule has 1 aliphatic heterocycles. The van der Waals surface area contributed by atoms with Gasteiger partial charge < -0.3 is 10.6 Å². The summed E-state index contributed by atoms with van der Waals surface area (Å²) >= 11 is 0. The van der Waals surface area contributed by atoms with E-state index in [0.717, 1.165) is 25.9 Å². The predicted molar refractivity (Wildman–Crippen MR) is 80.8 cm³/mol. The number of rotatable bonds is 3. The summed E-state index contributed by atoms with van der Waals surface area (Å²) in [6.45, 7) is 15.6. The molecular formula is C16H32N2O. The fraction of sp³-hybridized carbons (Fsp3) is 0.938. The van der Waals surface area contributed by atoms with E-state index < -0.39 is 0 Å². The number of carbonyl (C=O) groups excluding carboxylic acids is 1. The third-order valence-electron chi connectivity index (χ3n) is 4.22. The first-order valence-electron chi connectivity index (χ1n) is 7.53. The summed E-state index contributed by atoms with van der Waals surface area (Å²) < 4.78 is 0. The molecule has 19 heavy (non-hydrogen) atoms. The monoisotopic (exact) mass is 268 g/mol. The Labute approximate surface area is 118 Å². The van der Waals surface area contributed by atoms with Gasteiger partial charge in [0, 0.05) is 19.6 Å². The second-order valence-electron chi connectivity index (χ2n) is 8.33. The lowest BCUT2D eigenvalue weighted by Crippen LogP contribution is -2.40. The van der Waals surface area contributed by atoms with Gasteiger partial charge in [0.15, 0.2) is 0 Å². The molecular weight excluding hydrogens is 236 g/mol. The van der Waals surface area contributed by atoms with Gasteiger partial charge in [-0.05, 0) is 29.6 Å². The minimum atomic E-state index is -0.0151. The molecule has 0 aromatic carbocycles. The Morgan fingerprint density at radius 2 is 1.84 bits per heavy atom. The molecule has 1 fully saturated rings. The SMILES string of the molecule is CC(C)(C)CC(CN)C(=O)N1CCC(C(C)(C)C)C1. The van der Waals surface area contributed by atoms with Crippen molar-refractivity contribution in [1.82, 2.24) is 4.90 Å². The van der Waals surface area contributed by atoms with Gasteiger partial charge in [0.2, 0.25) is 5.91 Å². The molecule has 3 nitrogen and oxygen atoms in total. The van der Waals surface area contributed by atoms with Gasteiger partial charge in [0.1, 0.15) is 0 Å². The van der Waals surface area contributed by atoms with Crippen LogP contribution in [0.2, 0.25) is 0 Å². The van der Waals surface area contributed by atoms with Crippen molar-refractivity contribution in [2.45, 2.75) is 54.4 Å². The number of hydrogen-bond acceptors (Lipinski definition) is 2. The molecule has 2 unspecified atom stereocenters. The van der Waals surface area contributed by atoms with Crippen molar-refractivity contribution in [1.29, 1.82) is 0 Å². The molecule has 0 aliphatic carbocycles. The van der Waals surface area contributed by atoms with Crippen LogP contribution in [0.3, 0.4) is 0 Å². The Balaban J connectivity index is 2.63. The highest BCUT2D eigenvalue weighted by Gasteiger charge is 2.36. The number of hydrogen-bond donors (Lipinski definition) is 1. The van der Waals surface area contributed by atoms with Gasteiger partial charge in [-0.2, -0.15) is 0 Å². The summed E-state index contributed by atoms with van der Waals surface area (Å²) in [4.78, 5) is 14.6. The third kappa shape index (κ3) is 4.79. The lowest BCUT2D eigenvalue weighted by molar-refractivity contribution is -0.135. The van der Waals surface area contributed by atoms with Crippen LogP contribution in [0, 0.1) is 22.7 Å². The average molecular weight is 268 g/mol. The Morgan fingerprint density at radius 1 is 1.26 bits per heavy atom. The zero-order valence-corrected chi connectivity index (χ0v) is 13.6. The van der Waals surface area contributed by atoms with Crippen LogP contribution >= 0.6 is 0 Å². The number of nitrogens with two attached hydrogens (primary N) is 1. The smallest absolute Gasteiger partial charge is 0.226 e. The first kappa shape index (κ1) is 16.5. The molecule has 3 heteroatoms. The molecule has 0 saturated carbocycles. The zero-order chi connectivity index (χ0) is 14.8. The van der Waals surface area contributed by atoms with Gasteiger partial charge >= 0.3 is 0 Å². The molecule has 0 radical (unpaired) electrons. The van der Waals surface area contributed by atoms with Crippen molar-refractivity contribution in [3.63, 3.8) is 0 Å². The number of likely N-dealkylation sites (tertiary alicyclic amines) is 1. The molecule has 2 N–H and O–H groups in total. The fourth-order valence-electron chi connectivity index (χ4n) is 2.94. The number of carbonyl (C=O) groups is 1. The maximum Gasteiger partial charge on any atom is 0.226 e. The van der Waals surface area contributed by atoms with E-state index in [1.165, 1.54) is 0 Å². The van der Waals surface area contributed by atoms with E-state index in [1.807, 2.05) is 4.90 Å². The largest absolute Gasteiger partial charge is 0.342 e. The van der Waals surface area contributed by atoms with Crippen LogP contribution in [0.15, 0.2) is 0 Å². The van der Waals surface area contributed by atoms with Gasteiger partial charge in [-0.15, -0.1) is 0 Å². The first-order chi connectivity index (χ1) is 8.54. The third-order valence-corrected chi connectivity index (χ3v) is 4.22. The van der Waals surface area contributed by atoms with Gasteiger partial charge in [0.25, 0.3) is 0 Å². The summed E-state index contributed by atoms with van der Waals surface area (Å²) in [5.41, 5.74) is 6.27. The molecule has 1 amide bonds. The van der Waals surface area contributed by atoms with Gasteiger partial charge in [0.05, 0.1) is 5.92 Å². The van der Waals surface area contributed by atoms with E-state index in [9.17, 15) is 4.79 Å². The Hall–Kier alpha value is -0.570. The second-order valence-corrected chi connectivity index (χ2v) is 8.33. The number of nitrogens with zero attached hydrogens (tertiary/aromatic N) is 1. The zero-order valence-electron chi connectivity index (χ0n) is 13.6. The second kappa shape index (κ2) is 5.82. The Bertz CT molecular complexity index is 312. The summed E-state index contributed by atoms with van der Waals surface area (Å²) in [7, 11) is 0. The van der Waals surface area contributed by atoms with Crippen molar-refractivity contribution in [3.8, 4) is 0 Å². The molecule has 1 rings (SSSR count). The van der Waals surface area contributed by atoms with E-state index in [4.69, 9.17) is 5.73 Å². The topological polar surface area (TPSA) is 46.3 Å². The molecule has 0 bridgehead atoms. The molecule has 0 spiro atoms. The fourth-order valence-corrected chi connectivity index (χ4v) is 2.94. The van der Waals surface area contributed by atoms with E-state index in [1.54, 1.807) is 0 Å².